The summed E-state index contributed by atoms with van der Waals surface area (Å²) in [5.74, 6) is 0.136. The van der Waals surface area contributed by atoms with Gasteiger partial charge >= 0.3 is 5.69 Å². The third-order valence-electron chi connectivity index (χ3n) is 2.85. The molecule has 1 aromatic rings. The summed E-state index contributed by atoms with van der Waals surface area (Å²) >= 11 is 0. The van der Waals surface area contributed by atoms with E-state index in [0.29, 0.717) is 31.6 Å². The Morgan fingerprint density at radius 1 is 1.59 bits per heavy atom. The quantitative estimate of drug-likeness (QED) is 0.570. The molecule has 7 heteroatoms. The van der Waals surface area contributed by atoms with E-state index in [9.17, 15) is 14.9 Å². The van der Waals surface area contributed by atoms with Crippen LogP contribution in [0.2, 0.25) is 0 Å². The fraction of sp³-hybridized carbons (Fsp3) is 0.600. The van der Waals surface area contributed by atoms with Gasteiger partial charge in [0.1, 0.15) is 23.8 Å². The van der Waals surface area contributed by atoms with Crippen molar-refractivity contribution in [3.8, 4) is 0 Å². The van der Waals surface area contributed by atoms with Crippen molar-refractivity contribution in [2.75, 3.05) is 6.61 Å². The Balaban J connectivity index is 2.29. The number of nitro groups is 1. The van der Waals surface area contributed by atoms with E-state index >= 15 is 0 Å². The van der Waals surface area contributed by atoms with Crippen molar-refractivity contribution in [2.24, 2.45) is 7.05 Å². The lowest BCUT2D eigenvalue weighted by Gasteiger charge is -2.13. The molecule has 1 aliphatic heterocycles. The van der Waals surface area contributed by atoms with Crippen LogP contribution in [0.1, 0.15) is 31.1 Å². The molecule has 0 spiro atoms. The number of rotatable bonds is 2. The zero-order valence-electron chi connectivity index (χ0n) is 9.46. The molecule has 2 rings (SSSR count). The average Bonchev–Trinajstić information content (AvgIpc) is 2.52. The molecular weight excluding hydrogens is 226 g/mol. The number of aromatic nitrogens is 2. The van der Waals surface area contributed by atoms with Gasteiger partial charge < -0.3 is 4.74 Å². The molecule has 0 amide bonds. The molecular formula is C10H13N3O4. The highest BCUT2D eigenvalue weighted by atomic mass is 16.6. The minimum atomic E-state index is -0.474. The average molecular weight is 239 g/mol. The van der Waals surface area contributed by atoms with E-state index in [4.69, 9.17) is 4.74 Å². The Hall–Kier alpha value is -1.76. The monoisotopic (exact) mass is 239 g/mol. The van der Waals surface area contributed by atoms with Gasteiger partial charge in [-0.15, -0.1) is 0 Å². The predicted molar refractivity (Wildman–Crippen MR) is 57.4 cm³/mol. The largest absolute Gasteiger partial charge is 0.371 e. The van der Waals surface area contributed by atoms with Crippen molar-refractivity contribution in [1.29, 1.82) is 0 Å². The topological polar surface area (TPSA) is 87.3 Å². The van der Waals surface area contributed by atoms with Gasteiger partial charge in [-0.3, -0.25) is 19.6 Å². The van der Waals surface area contributed by atoms with Crippen molar-refractivity contribution in [3.63, 3.8) is 0 Å². The highest BCUT2D eigenvalue weighted by Crippen LogP contribution is 2.31. The maximum Gasteiger partial charge on any atom is 0.312 e. The first-order valence-corrected chi connectivity index (χ1v) is 5.39. The molecule has 1 aromatic heterocycles. The molecule has 1 fully saturated rings. The van der Waals surface area contributed by atoms with Gasteiger partial charge in [-0.25, -0.2) is 0 Å². The van der Waals surface area contributed by atoms with Crippen LogP contribution in [0.4, 0.5) is 5.69 Å². The summed E-state index contributed by atoms with van der Waals surface area (Å²) in [6.45, 7) is 0.311. The number of aryl methyl sites for hydroxylation is 1. The Morgan fingerprint density at radius 3 is 3.06 bits per heavy atom. The van der Waals surface area contributed by atoms with Gasteiger partial charge in [0.15, 0.2) is 0 Å². The van der Waals surface area contributed by atoms with Gasteiger partial charge in [-0.2, -0.15) is 5.10 Å². The van der Waals surface area contributed by atoms with Gasteiger partial charge in [-0.1, -0.05) is 0 Å². The number of nitrogens with zero attached hydrogens (tertiary/aromatic N) is 3. The maximum absolute atomic E-state index is 11.3. The minimum absolute atomic E-state index is 0.0492. The molecule has 17 heavy (non-hydrogen) atoms. The van der Waals surface area contributed by atoms with Crippen LogP contribution >= 0.6 is 0 Å². The Morgan fingerprint density at radius 2 is 2.35 bits per heavy atom. The molecule has 1 aliphatic rings. The zero-order chi connectivity index (χ0) is 12.4. The molecule has 2 heterocycles. The van der Waals surface area contributed by atoms with Crippen LogP contribution in [0.3, 0.4) is 0 Å². The first-order chi connectivity index (χ1) is 8.09. The fourth-order valence-electron chi connectivity index (χ4n) is 1.98. The van der Waals surface area contributed by atoms with Gasteiger partial charge in [0, 0.05) is 19.9 Å². The van der Waals surface area contributed by atoms with E-state index in [1.165, 1.54) is 10.9 Å². The summed E-state index contributed by atoms with van der Waals surface area (Å²) in [7, 11) is 1.64. The lowest BCUT2D eigenvalue weighted by molar-refractivity contribution is -0.386. The second-order valence-electron chi connectivity index (χ2n) is 3.98. The molecule has 7 nitrogen and oxygen atoms in total. The summed E-state index contributed by atoms with van der Waals surface area (Å²) < 4.78 is 6.95. The van der Waals surface area contributed by atoms with Crippen LogP contribution in [0.25, 0.3) is 0 Å². The van der Waals surface area contributed by atoms with Crippen molar-refractivity contribution in [2.45, 2.75) is 25.4 Å². The normalized spacial score (nSPS) is 21.2. The van der Waals surface area contributed by atoms with Crippen LogP contribution in [-0.4, -0.2) is 27.1 Å². The van der Waals surface area contributed by atoms with E-state index < -0.39 is 11.0 Å². The third kappa shape index (κ3) is 2.33. The lowest BCUT2D eigenvalue weighted by Crippen LogP contribution is -2.10. The zero-order valence-corrected chi connectivity index (χ0v) is 9.46. The lowest BCUT2D eigenvalue weighted by atomic mass is 10.1. The first-order valence-electron chi connectivity index (χ1n) is 5.39. The van der Waals surface area contributed by atoms with Gasteiger partial charge in [0.2, 0.25) is 0 Å². The number of hydrogen-bond donors (Lipinski definition) is 0. The highest BCUT2D eigenvalue weighted by molar-refractivity contribution is 5.78. The van der Waals surface area contributed by atoms with Gasteiger partial charge in [-0.05, 0) is 6.42 Å². The Labute approximate surface area is 97.5 Å². The van der Waals surface area contributed by atoms with Crippen LogP contribution < -0.4 is 0 Å². The maximum atomic E-state index is 11.3. The smallest absolute Gasteiger partial charge is 0.312 e. The molecule has 0 saturated carbocycles. The molecule has 0 aromatic carbocycles. The Kier molecular flexibility index (Phi) is 3.19. The number of ether oxygens (including phenoxy) is 1. The SMILES string of the molecule is Cn1ncc([N+](=O)[O-])c1[C@@H]1CCC(=O)CCO1. The number of Topliss-reactive ketones (excluding diaryl/α,β-unsaturated/α-hetero) is 1. The molecule has 0 bridgehead atoms. The Bertz CT molecular complexity index is 454. The third-order valence-corrected chi connectivity index (χ3v) is 2.85. The van der Waals surface area contributed by atoms with Crippen LogP contribution in [0.5, 0.6) is 0 Å². The van der Waals surface area contributed by atoms with E-state index in [1.807, 2.05) is 0 Å². The molecule has 1 atom stereocenters. The van der Waals surface area contributed by atoms with Crippen LogP contribution in [-0.2, 0) is 16.6 Å². The number of ketones is 1. The fourth-order valence-corrected chi connectivity index (χ4v) is 1.98. The second-order valence-corrected chi connectivity index (χ2v) is 3.98. The summed E-state index contributed by atoms with van der Waals surface area (Å²) in [6.07, 6.45) is 2.04. The highest BCUT2D eigenvalue weighted by Gasteiger charge is 2.29. The van der Waals surface area contributed by atoms with Crippen molar-refractivity contribution in [1.82, 2.24) is 9.78 Å². The van der Waals surface area contributed by atoms with Crippen LogP contribution in [0.15, 0.2) is 6.20 Å². The van der Waals surface area contributed by atoms with Crippen molar-refractivity contribution >= 4 is 11.5 Å². The summed E-state index contributed by atoms with van der Waals surface area (Å²) in [6, 6.07) is 0. The first kappa shape index (κ1) is 11.7. The molecule has 0 N–H and O–H groups in total. The van der Waals surface area contributed by atoms with Crippen molar-refractivity contribution in [3.05, 3.63) is 22.0 Å². The van der Waals surface area contributed by atoms with E-state index in [-0.39, 0.29) is 11.5 Å². The van der Waals surface area contributed by atoms with Gasteiger partial charge in [0.25, 0.3) is 0 Å². The second kappa shape index (κ2) is 4.62. The molecule has 0 aliphatic carbocycles. The number of carbonyl (C=O) groups is 1. The van der Waals surface area contributed by atoms with E-state index in [0.717, 1.165) is 0 Å². The van der Waals surface area contributed by atoms with Crippen LogP contribution in [0, 0.1) is 10.1 Å². The van der Waals surface area contributed by atoms with Gasteiger partial charge in [0.05, 0.1) is 11.5 Å². The molecule has 92 valence electrons. The van der Waals surface area contributed by atoms with Crippen molar-refractivity contribution < 1.29 is 14.5 Å². The summed E-state index contributed by atoms with van der Waals surface area (Å²) in [5.41, 5.74) is 0.386. The predicted octanol–water partition coefficient (Wildman–Crippen LogP) is 1.14. The summed E-state index contributed by atoms with van der Waals surface area (Å²) in [4.78, 5) is 21.6. The number of hydrogen-bond acceptors (Lipinski definition) is 5. The molecule has 0 unspecified atom stereocenters. The summed E-state index contributed by atoms with van der Waals surface area (Å²) in [5, 5.41) is 14.7. The standard InChI is InChI=1S/C10H13N3O4/c1-12-10(8(6-11-12)13(15)16)9-3-2-7(14)4-5-17-9/h6,9H,2-5H2,1H3/t9-/m0/s1. The molecule has 0 radical (unpaired) electrons. The molecule has 1 saturated heterocycles. The number of carbonyl (C=O) groups excluding carboxylic acids is 1. The van der Waals surface area contributed by atoms with E-state index in [2.05, 4.69) is 5.10 Å². The van der Waals surface area contributed by atoms with E-state index in [1.54, 1.807) is 7.05 Å². The minimum Gasteiger partial charge on any atom is -0.371 e.